The molecule has 2 rings (SSSR count). The topological polar surface area (TPSA) is 57.2 Å². The maximum atomic E-state index is 8.88. The zero-order chi connectivity index (χ0) is 11.2. The summed E-state index contributed by atoms with van der Waals surface area (Å²) in [6, 6.07) is 7.49. The van der Waals surface area contributed by atoms with E-state index in [0.717, 1.165) is 11.1 Å². The normalized spacial score (nSPS) is 17.6. The Labute approximate surface area is 93.5 Å². The van der Waals surface area contributed by atoms with Crippen LogP contribution in [0.4, 0.5) is 0 Å². The Balaban J connectivity index is 1.79. The summed E-state index contributed by atoms with van der Waals surface area (Å²) in [4.78, 5) is 0. The lowest BCUT2D eigenvalue weighted by Crippen LogP contribution is -2.28. The molecule has 5 heteroatoms. The molecule has 5 nitrogen and oxygen atoms in total. The maximum absolute atomic E-state index is 8.88. The van der Waals surface area contributed by atoms with Crippen LogP contribution in [0, 0.1) is 0 Å². The number of hydrogen-bond donors (Lipinski definition) is 1. The van der Waals surface area contributed by atoms with Crippen LogP contribution in [0.5, 0.6) is 0 Å². The van der Waals surface area contributed by atoms with Crippen LogP contribution in [-0.4, -0.2) is 25.2 Å². The van der Waals surface area contributed by atoms with Gasteiger partial charge in [0.1, 0.15) is 0 Å². The molecule has 0 spiro atoms. The van der Waals surface area contributed by atoms with E-state index in [1.807, 2.05) is 24.3 Å². The van der Waals surface area contributed by atoms with E-state index in [1.54, 1.807) is 0 Å². The molecule has 1 aromatic rings. The minimum Gasteiger partial charge on any atom is -0.392 e. The van der Waals surface area contributed by atoms with Crippen molar-refractivity contribution < 1.29 is 24.1 Å². The summed E-state index contributed by atoms with van der Waals surface area (Å²) in [6.45, 7) is 0.164. The quantitative estimate of drug-likeness (QED) is 0.828. The van der Waals surface area contributed by atoms with Crippen LogP contribution in [0.25, 0.3) is 0 Å². The van der Waals surface area contributed by atoms with Crippen molar-refractivity contribution in [1.29, 1.82) is 0 Å². The predicted molar refractivity (Wildman–Crippen MR) is 53.9 cm³/mol. The van der Waals surface area contributed by atoms with E-state index in [9.17, 15) is 0 Å². The van der Waals surface area contributed by atoms with Gasteiger partial charge >= 0.3 is 0 Å². The van der Waals surface area contributed by atoms with Crippen LogP contribution < -0.4 is 0 Å². The van der Waals surface area contributed by atoms with Gasteiger partial charge in [0.25, 0.3) is 6.48 Å². The first-order valence-corrected chi connectivity index (χ1v) is 5.00. The van der Waals surface area contributed by atoms with Crippen molar-refractivity contribution in [3.8, 4) is 0 Å². The number of ether oxygens (including phenoxy) is 4. The van der Waals surface area contributed by atoms with Gasteiger partial charge in [0, 0.05) is 0 Å². The first kappa shape index (κ1) is 11.5. The van der Waals surface area contributed by atoms with Gasteiger partial charge in [-0.15, -0.1) is 0 Å². The van der Waals surface area contributed by atoms with Crippen LogP contribution in [0.2, 0.25) is 0 Å². The van der Waals surface area contributed by atoms with E-state index in [2.05, 4.69) is 0 Å². The largest absolute Gasteiger partial charge is 0.392 e. The fraction of sp³-hybridized carbons (Fsp3) is 0.455. The molecule has 1 aromatic carbocycles. The molecule has 0 aromatic heterocycles. The lowest BCUT2D eigenvalue weighted by atomic mass is 10.1. The van der Waals surface area contributed by atoms with Crippen molar-refractivity contribution >= 4 is 0 Å². The number of rotatable bonds is 4. The lowest BCUT2D eigenvalue weighted by Gasteiger charge is -2.22. The second-order valence-corrected chi connectivity index (χ2v) is 3.35. The molecule has 0 unspecified atom stereocenters. The first-order valence-electron chi connectivity index (χ1n) is 5.00. The fourth-order valence-electron chi connectivity index (χ4n) is 1.29. The van der Waals surface area contributed by atoms with Gasteiger partial charge in [0.2, 0.25) is 0 Å². The molecule has 1 aliphatic rings. The Bertz CT molecular complexity index is 305. The summed E-state index contributed by atoms with van der Waals surface area (Å²) in [5.41, 5.74) is 1.87. The highest BCUT2D eigenvalue weighted by molar-refractivity contribution is 5.21. The van der Waals surface area contributed by atoms with E-state index in [4.69, 9.17) is 24.1 Å². The average Bonchev–Trinajstić information content (AvgIpc) is 2.38. The summed E-state index contributed by atoms with van der Waals surface area (Å²) in [5, 5.41) is 8.88. The van der Waals surface area contributed by atoms with Crippen molar-refractivity contribution in [2.75, 3.05) is 13.6 Å². The molecule has 1 heterocycles. The molecule has 1 saturated heterocycles. The van der Waals surface area contributed by atoms with Gasteiger partial charge in [0.15, 0.2) is 13.6 Å². The second-order valence-electron chi connectivity index (χ2n) is 3.35. The summed E-state index contributed by atoms with van der Waals surface area (Å²) >= 11 is 0. The molecule has 0 bridgehead atoms. The van der Waals surface area contributed by atoms with E-state index in [1.165, 1.54) is 0 Å². The Morgan fingerprint density at radius 3 is 2.38 bits per heavy atom. The third-order valence-electron chi connectivity index (χ3n) is 2.17. The lowest BCUT2D eigenvalue weighted by molar-refractivity contribution is -0.385. The monoisotopic (exact) mass is 226 g/mol. The summed E-state index contributed by atoms with van der Waals surface area (Å²) in [6.07, 6.45) is 0. The smallest absolute Gasteiger partial charge is 0.275 e. The minimum absolute atomic E-state index is 0.0489. The van der Waals surface area contributed by atoms with Gasteiger partial charge < -0.3 is 24.1 Å². The molecule has 1 aliphatic heterocycles. The summed E-state index contributed by atoms with van der Waals surface area (Å²) in [5.74, 6) is 0. The molecule has 0 atom stereocenters. The van der Waals surface area contributed by atoms with Crippen LogP contribution in [-0.2, 0) is 32.2 Å². The highest BCUT2D eigenvalue weighted by Gasteiger charge is 2.14. The van der Waals surface area contributed by atoms with Gasteiger partial charge in [-0.3, -0.25) is 0 Å². The third kappa shape index (κ3) is 3.26. The standard InChI is InChI=1S/C11H14O5/c12-5-9-1-3-10(4-2-9)6-14-11-15-7-13-8-16-11/h1-4,11-12H,5-8H2. The fourth-order valence-corrected chi connectivity index (χ4v) is 1.29. The number of benzene rings is 1. The van der Waals surface area contributed by atoms with Crippen molar-refractivity contribution in [3.05, 3.63) is 35.4 Å². The van der Waals surface area contributed by atoms with E-state index in [0.29, 0.717) is 6.61 Å². The van der Waals surface area contributed by atoms with Crippen molar-refractivity contribution in [2.24, 2.45) is 0 Å². The van der Waals surface area contributed by atoms with Crippen LogP contribution in [0.3, 0.4) is 0 Å². The molecule has 0 aliphatic carbocycles. The minimum atomic E-state index is -0.661. The molecular weight excluding hydrogens is 212 g/mol. The average molecular weight is 226 g/mol. The van der Waals surface area contributed by atoms with Crippen LogP contribution in [0.1, 0.15) is 11.1 Å². The Hall–Kier alpha value is -0.980. The highest BCUT2D eigenvalue weighted by Crippen LogP contribution is 2.10. The first-order chi connectivity index (χ1) is 7.88. The molecule has 1 fully saturated rings. The van der Waals surface area contributed by atoms with Crippen LogP contribution in [0.15, 0.2) is 24.3 Å². The third-order valence-corrected chi connectivity index (χ3v) is 2.17. The van der Waals surface area contributed by atoms with Gasteiger partial charge in [-0.1, -0.05) is 24.3 Å². The van der Waals surface area contributed by atoms with Crippen molar-refractivity contribution in [3.63, 3.8) is 0 Å². The molecule has 0 amide bonds. The zero-order valence-corrected chi connectivity index (χ0v) is 8.80. The predicted octanol–water partition coefficient (Wildman–Crippen LogP) is 0.958. The number of aliphatic hydroxyl groups is 1. The number of aliphatic hydroxyl groups excluding tert-OH is 1. The van der Waals surface area contributed by atoms with E-state index in [-0.39, 0.29) is 20.2 Å². The van der Waals surface area contributed by atoms with Crippen molar-refractivity contribution in [1.82, 2.24) is 0 Å². The van der Waals surface area contributed by atoms with Gasteiger partial charge in [-0.25, -0.2) is 0 Å². The van der Waals surface area contributed by atoms with Gasteiger partial charge in [-0.05, 0) is 11.1 Å². The molecule has 1 N–H and O–H groups in total. The summed E-state index contributed by atoms with van der Waals surface area (Å²) < 4.78 is 20.3. The highest BCUT2D eigenvalue weighted by atomic mass is 16.9. The Kier molecular flexibility index (Phi) is 4.26. The van der Waals surface area contributed by atoms with E-state index >= 15 is 0 Å². The Morgan fingerprint density at radius 2 is 1.75 bits per heavy atom. The Morgan fingerprint density at radius 1 is 1.12 bits per heavy atom. The number of hydrogen-bond acceptors (Lipinski definition) is 5. The van der Waals surface area contributed by atoms with E-state index < -0.39 is 6.48 Å². The van der Waals surface area contributed by atoms with Crippen LogP contribution >= 0.6 is 0 Å². The molecule has 16 heavy (non-hydrogen) atoms. The molecule has 0 radical (unpaired) electrons. The molecule has 0 saturated carbocycles. The zero-order valence-electron chi connectivity index (χ0n) is 8.80. The SMILES string of the molecule is OCc1ccc(COC2OCOCO2)cc1. The molecular formula is C11H14O5. The second kappa shape index (κ2) is 5.93. The van der Waals surface area contributed by atoms with Gasteiger partial charge in [0.05, 0.1) is 13.2 Å². The molecule has 88 valence electrons. The van der Waals surface area contributed by atoms with Crippen molar-refractivity contribution in [2.45, 2.75) is 19.7 Å². The maximum Gasteiger partial charge on any atom is 0.275 e. The van der Waals surface area contributed by atoms with Gasteiger partial charge in [-0.2, -0.15) is 0 Å². The summed E-state index contributed by atoms with van der Waals surface area (Å²) in [7, 11) is 0.